The van der Waals surface area contributed by atoms with Crippen molar-refractivity contribution in [1.29, 1.82) is 0 Å². The SMILES string of the molecule is Cc1nc(C2CCCN2C(=O)CCCc2ccccn2)no1. The van der Waals surface area contributed by atoms with Gasteiger partial charge >= 0.3 is 0 Å². The molecule has 0 saturated carbocycles. The van der Waals surface area contributed by atoms with E-state index >= 15 is 0 Å². The van der Waals surface area contributed by atoms with E-state index in [1.165, 1.54) is 0 Å². The molecule has 3 heterocycles. The third kappa shape index (κ3) is 3.32. The highest BCUT2D eigenvalue weighted by Gasteiger charge is 2.32. The van der Waals surface area contributed by atoms with Crippen molar-refractivity contribution in [3.63, 3.8) is 0 Å². The van der Waals surface area contributed by atoms with Gasteiger partial charge in [-0.05, 0) is 37.8 Å². The second-order valence-electron chi connectivity index (χ2n) is 5.59. The van der Waals surface area contributed by atoms with Gasteiger partial charge < -0.3 is 9.42 Å². The van der Waals surface area contributed by atoms with E-state index in [0.29, 0.717) is 18.1 Å². The van der Waals surface area contributed by atoms with E-state index in [1.807, 2.05) is 23.1 Å². The summed E-state index contributed by atoms with van der Waals surface area (Å²) in [6.45, 7) is 2.55. The van der Waals surface area contributed by atoms with E-state index in [1.54, 1.807) is 13.1 Å². The Morgan fingerprint density at radius 2 is 2.36 bits per heavy atom. The molecular formula is C16H20N4O2. The number of carbonyl (C=O) groups is 1. The molecule has 1 saturated heterocycles. The first-order valence-corrected chi connectivity index (χ1v) is 7.73. The Hall–Kier alpha value is -2.24. The number of hydrogen-bond donors (Lipinski definition) is 0. The zero-order valence-corrected chi connectivity index (χ0v) is 12.7. The average molecular weight is 300 g/mol. The summed E-state index contributed by atoms with van der Waals surface area (Å²) in [6.07, 6.45) is 5.85. The number of amides is 1. The fourth-order valence-corrected chi connectivity index (χ4v) is 2.89. The first-order valence-electron chi connectivity index (χ1n) is 7.73. The first-order chi connectivity index (χ1) is 10.7. The van der Waals surface area contributed by atoms with Crippen LogP contribution >= 0.6 is 0 Å². The molecule has 1 aliphatic heterocycles. The molecule has 2 aromatic rings. The lowest BCUT2D eigenvalue weighted by Crippen LogP contribution is -2.31. The fraction of sp³-hybridized carbons (Fsp3) is 0.500. The quantitative estimate of drug-likeness (QED) is 0.848. The largest absolute Gasteiger partial charge is 0.340 e. The Labute approximate surface area is 129 Å². The number of pyridine rings is 1. The Morgan fingerprint density at radius 3 is 3.09 bits per heavy atom. The van der Waals surface area contributed by atoms with Gasteiger partial charge in [0.1, 0.15) is 0 Å². The molecule has 0 radical (unpaired) electrons. The van der Waals surface area contributed by atoms with Crippen molar-refractivity contribution in [2.45, 2.75) is 45.1 Å². The van der Waals surface area contributed by atoms with Crippen LogP contribution in [0.1, 0.15) is 49.1 Å². The van der Waals surface area contributed by atoms with E-state index in [4.69, 9.17) is 4.52 Å². The van der Waals surface area contributed by atoms with Gasteiger partial charge in [0, 0.05) is 31.8 Å². The number of likely N-dealkylation sites (tertiary alicyclic amines) is 1. The monoisotopic (exact) mass is 300 g/mol. The average Bonchev–Trinajstić information content (AvgIpc) is 3.16. The summed E-state index contributed by atoms with van der Waals surface area (Å²) in [5.74, 6) is 1.35. The van der Waals surface area contributed by atoms with Gasteiger partial charge in [-0.3, -0.25) is 9.78 Å². The smallest absolute Gasteiger partial charge is 0.223 e. The number of rotatable bonds is 5. The lowest BCUT2D eigenvalue weighted by Gasteiger charge is -2.22. The predicted molar refractivity (Wildman–Crippen MR) is 79.9 cm³/mol. The molecule has 116 valence electrons. The molecule has 0 bridgehead atoms. The molecule has 6 heteroatoms. The second kappa shape index (κ2) is 6.68. The highest BCUT2D eigenvalue weighted by atomic mass is 16.5. The number of aromatic nitrogens is 3. The second-order valence-corrected chi connectivity index (χ2v) is 5.59. The van der Waals surface area contributed by atoms with Gasteiger partial charge in [0.05, 0.1) is 6.04 Å². The van der Waals surface area contributed by atoms with E-state index in [-0.39, 0.29) is 11.9 Å². The summed E-state index contributed by atoms with van der Waals surface area (Å²) in [6, 6.07) is 5.83. The van der Waals surface area contributed by atoms with E-state index in [0.717, 1.165) is 37.9 Å². The third-order valence-electron chi connectivity index (χ3n) is 3.96. The molecule has 1 amide bonds. The van der Waals surface area contributed by atoms with Crippen LogP contribution < -0.4 is 0 Å². The molecule has 0 spiro atoms. The molecule has 1 fully saturated rings. The summed E-state index contributed by atoms with van der Waals surface area (Å²) < 4.78 is 5.04. The van der Waals surface area contributed by atoms with Gasteiger partial charge in [0.15, 0.2) is 5.82 Å². The van der Waals surface area contributed by atoms with Gasteiger partial charge in [-0.15, -0.1) is 0 Å². The molecule has 0 aliphatic carbocycles. The standard InChI is InChI=1S/C16H20N4O2/c1-12-18-16(19-22-12)14-8-5-11-20(14)15(21)9-4-7-13-6-2-3-10-17-13/h2-3,6,10,14H,4-5,7-9,11H2,1H3. The minimum atomic E-state index is -0.0280. The van der Waals surface area contributed by atoms with E-state index in [9.17, 15) is 4.79 Å². The molecule has 0 N–H and O–H groups in total. The number of nitrogens with zero attached hydrogens (tertiary/aromatic N) is 4. The summed E-state index contributed by atoms with van der Waals surface area (Å²) >= 11 is 0. The van der Waals surface area contributed by atoms with Crippen molar-refractivity contribution in [2.24, 2.45) is 0 Å². The van der Waals surface area contributed by atoms with Crippen LogP contribution in [0.3, 0.4) is 0 Å². The van der Waals surface area contributed by atoms with Crippen LogP contribution in [0.2, 0.25) is 0 Å². The molecule has 1 atom stereocenters. The molecule has 6 nitrogen and oxygen atoms in total. The van der Waals surface area contributed by atoms with Crippen LogP contribution in [0.25, 0.3) is 0 Å². The van der Waals surface area contributed by atoms with Crippen LogP contribution in [0, 0.1) is 6.92 Å². The Balaban J connectivity index is 1.55. The van der Waals surface area contributed by atoms with Crippen molar-refractivity contribution < 1.29 is 9.32 Å². The summed E-state index contributed by atoms with van der Waals surface area (Å²) in [7, 11) is 0. The Bertz CT molecular complexity index is 626. The molecule has 3 rings (SSSR count). The molecule has 22 heavy (non-hydrogen) atoms. The lowest BCUT2D eigenvalue weighted by molar-refractivity contribution is -0.132. The van der Waals surface area contributed by atoms with Crippen molar-refractivity contribution in [1.82, 2.24) is 20.0 Å². The van der Waals surface area contributed by atoms with Gasteiger partial charge in [-0.25, -0.2) is 0 Å². The maximum absolute atomic E-state index is 12.4. The number of aryl methyl sites for hydroxylation is 2. The van der Waals surface area contributed by atoms with E-state index < -0.39 is 0 Å². The molecule has 1 unspecified atom stereocenters. The maximum atomic E-state index is 12.4. The zero-order chi connectivity index (χ0) is 15.4. The highest BCUT2D eigenvalue weighted by Crippen LogP contribution is 2.30. The number of hydrogen-bond acceptors (Lipinski definition) is 5. The van der Waals surface area contributed by atoms with Crippen LogP contribution in [-0.2, 0) is 11.2 Å². The Morgan fingerprint density at radius 1 is 1.45 bits per heavy atom. The summed E-state index contributed by atoms with van der Waals surface area (Å²) in [5, 5.41) is 3.97. The van der Waals surface area contributed by atoms with Crippen LogP contribution in [0.15, 0.2) is 28.9 Å². The first kappa shape index (κ1) is 14.7. The maximum Gasteiger partial charge on any atom is 0.223 e. The van der Waals surface area contributed by atoms with Crippen molar-refractivity contribution in [3.05, 3.63) is 41.8 Å². The molecule has 1 aliphatic rings. The number of carbonyl (C=O) groups excluding carboxylic acids is 1. The van der Waals surface area contributed by atoms with Crippen LogP contribution in [-0.4, -0.2) is 32.5 Å². The highest BCUT2D eigenvalue weighted by molar-refractivity contribution is 5.76. The lowest BCUT2D eigenvalue weighted by atomic mass is 10.1. The normalized spacial score (nSPS) is 17.9. The summed E-state index contributed by atoms with van der Waals surface area (Å²) in [4.78, 5) is 22.9. The van der Waals surface area contributed by atoms with Gasteiger partial charge in [-0.1, -0.05) is 11.2 Å². The minimum Gasteiger partial charge on any atom is -0.340 e. The van der Waals surface area contributed by atoms with Gasteiger partial charge in [0.2, 0.25) is 11.8 Å². The van der Waals surface area contributed by atoms with Crippen molar-refractivity contribution in [2.75, 3.05) is 6.54 Å². The van der Waals surface area contributed by atoms with Crippen molar-refractivity contribution in [3.8, 4) is 0 Å². The van der Waals surface area contributed by atoms with Gasteiger partial charge in [0.25, 0.3) is 0 Å². The summed E-state index contributed by atoms with van der Waals surface area (Å²) in [5.41, 5.74) is 1.03. The molecule has 0 aromatic carbocycles. The predicted octanol–water partition coefficient (Wildman–Crippen LogP) is 2.46. The molecule has 2 aromatic heterocycles. The molecular weight excluding hydrogens is 280 g/mol. The fourth-order valence-electron chi connectivity index (χ4n) is 2.89. The van der Waals surface area contributed by atoms with E-state index in [2.05, 4.69) is 15.1 Å². The Kier molecular flexibility index (Phi) is 4.46. The van der Waals surface area contributed by atoms with Crippen molar-refractivity contribution >= 4 is 5.91 Å². The van der Waals surface area contributed by atoms with Crippen LogP contribution in [0.4, 0.5) is 0 Å². The minimum absolute atomic E-state index is 0.0280. The van der Waals surface area contributed by atoms with Crippen LogP contribution in [0.5, 0.6) is 0 Å². The third-order valence-corrected chi connectivity index (χ3v) is 3.96. The zero-order valence-electron chi connectivity index (χ0n) is 12.7. The topological polar surface area (TPSA) is 72.1 Å². The van der Waals surface area contributed by atoms with Gasteiger partial charge in [-0.2, -0.15) is 4.98 Å².